The van der Waals surface area contributed by atoms with Crippen molar-refractivity contribution in [1.29, 1.82) is 0 Å². The van der Waals surface area contributed by atoms with E-state index in [0.717, 1.165) is 0 Å². The molecule has 232 valence electrons. The monoisotopic (exact) mass is 589 g/mol. The molecule has 42 heavy (non-hydrogen) atoms. The number of carbonyl (C=O) groups excluding carboxylic acids is 6. The molecular weight excluding hydrogens is 546 g/mol. The van der Waals surface area contributed by atoms with Crippen molar-refractivity contribution in [2.75, 3.05) is 13.1 Å². The van der Waals surface area contributed by atoms with Crippen LogP contribution in [-0.4, -0.2) is 79.0 Å². The maximum absolute atomic E-state index is 13.5. The maximum atomic E-state index is 13.5. The number of aliphatic imine (C=N–C) groups is 1. The number of aldehydes is 1. The van der Waals surface area contributed by atoms with Gasteiger partial charge in [-0.25, -0.2) is 0 Å². The van der Waals surface area contributed by atoms with Gasteiger partial charge in [0, 0.05) is 19.4 Å². The Morgan fingerprint density at radius 1 is 0.833 bits per heavy atom. The molecular formula is C27H43N9O6. The van der Waals surface area contributed by atoms with Crippen molar-refractivity contribution in [3.8, 4) is 0 Å². The second kappa shape index (κ2) is 18.7. The predicted octanol–water partition coefficient (Wildman–Crippen LogP) is -2.70. The van der Waals surface area contributed by atoms with Gasteiger partial charge in [-0.05, 0) is 30.7 Å². The Hall–Kier alpha value is -4.53. The van der Waals surface area contributed by atoms with E-state index in [0.29, 0.717) is 18.3 Å². The Labute approximate surface area is 245 Å². The lowest BCUT2D eigenvalue weighted by Crippen LogP contribution is -2.58. The van der Waals surface area contributed by atoms with Crippen LogP contribution in [0.2, 0.25) is 0 Å². The van der Waals surface area contributed by atoms with Crippen molar-refractivity contribution in [2.24, 2.45) is 33.8 Å². The van der Waals surface area contributed by atoms with Gasteiger partial charge >= 0.3 is 0 Å². The fraction of sp³-hybridized carbons (Fsp3) is 0.519. The van der Waals surface area contributed by atoms with Crippen LogP contribution in [0.5, 0.6) is 0 Å². The van der Waals surface area contributed by atoms with Gasteiger partial charge in [-0.1, -0.05) is 44.2 Å². The van der Waals surface area contributed by atoms with Crippen LogP contribution in [0, 0.1) is 5.92 Å². The van der Waals surface area contributed by atoms with E-state index < -0.39 is 53.7 Å². The molecule has 0 aliphatic carbocycles. The van der Waals surface area contributed by atoms with Crippen molar-refractivity contribution in [1.82, 2.24) is 21.3 Å². The summed E-state index contributed by atoms with van der Waals surface area (Å²) in [4.78, 5) is 78.6. The number of nitrogens with zero attached hydrogens (tertiary/aromatic N) is 1. The number of guanidine groups is 1. The first kappa shape index (κ1) is 35.5. The molecule has 0 aliphatic heterocycles. The maximum Gasteiger partial charge on any atom is 0.243 e. The summed E-state index contributed by atoms with van der Waals surface area (Å²) in [6, 6.07) is 4.51. The summed E-state index contributed by atoms with van der Waals surface area (Å²) in [5.41, 5.74) is 22.0. The summed E-state index contributed by atoms with van der Waals surface area (Å²) < 4.78 is 0. The van der Waals surface area contributed by atoms with E-state index in [2.05, 4.69) is 26.3 Å². The van der Waals surface area contributed by atoms with Gasteiger partial charge in [-0.2, -0.15) is 0 Å². The molecule has 15 nitrogen and oxygen atoms in total. The third-order valence-electron chi connectivity index (χ3n) is 6.18. The lowest BCUT2D eigenvalue weighted by atomic mass is 10.0. The van der Waals surface area contributed by atoms with Gasteiger partial charge in [-0.3, -0.25) is 29.0 Å². The summed E-state index contributed by atoms with van der Waals surface area (Å²) in [7, 11) is 0. The molecule has 0 fully saturated rings. The van der Waals surface area contributed by atoms with Gasteiger partial charge < -0.3 is 49.0 Å². The van der Waals surface area contributed by atoms with Crippen LogP contribution < -0.4 is 44.2 Å². The minimum atomic E-state index is -1.23. The van der Waals surface area contributed by atoms with Crippen molar-refractivity contribution >= 4 is 41.8 Å². The first-order valence-corrected chi connectivity index (χ1v) is 13.6. The number of rotatable bonds is 19. The SMILES string of the molecule is CC(C)[C@@H](C=O)NC(=O)[C@H](CCC(N)=O)NC(=O)[C@H](Cc1ccccc1)NC(=O)[C@H](CCCN=C(N)N)NC(=O)CN. The number of nitrogens with one attached hydrogen (secondary N) is 4. The average Bonchev–Trinajstić information content (AvgIpc) is 2.94. The molecule has 5 amide bonds. The average molecular weight is 590 g/mol. The molecule has 0 unspecified atom stereocenters. The normalized spacial score (nSPS) is 13.5. The van der Waals surface area contributed by atoms with E-state index in [4.69, 9.17) is 22.9 Å². The van der Waals surface area contributed by atoms with Crippen molar-refractivity contribution in [2.45, 2.75) is 70.1 Å². The quantitative estimate of drug-likeness (QED) is 0.0360. The molecule has 0 saturated carbocycles. The van der Waals surface area contributed by atoms with Crippen LogP contribution in [0.4, 0.5) is 0 Å². The van der Waals surface area contributed by atoms with Crippen LogP contribution in [0.25, 0.3) is 0 Å². The number of nitrogens with two attached hydrogens (primary N) is 4. The third kappa shape index (κ3) is 13.7. The first-order chi connectivity index (χ1) is 19.9. The third-order valence-corrected chi connectivity index (χ3v) is 6.18. The molecule has 1 aromatic rings. The number of benzene rings is 1. The van der Waals surface area contributed by atoms with E-state index in [1.54, 1.807) is 44.2 Å². The van der Waals surface area contributed by atoms with E-state index in [1.807, 2.05) is 0 Å². The number of carbonyl (C=O) groups is 6. The largest absolute Gasteiger partial charge is 0.370 e. The highest BCUT2D eigenvalue weighted by Gasteiger charge is 2.31. The van der Waals surface area contributed by atoms with E-state index >= 15 is 0 Å². The second-order valence-electron chi connectivity index (χ2n) is 10.0. The molecule has 0 aromatic heterocycles. The number of primary amides is 1. The van der Waals surface area contributed by atoms with Gasteiger partial charge in [0.25, 0.3) is 0 Å². The van der Waals surface area contributed by atoms with E-state index in [1.165, 1.54) is 0 Å². The Bertz CT molecular complexity index is 1090. The van der Waals surface area contributed by atoms with Crippen LogP contribution in [0.15, 0.2) is 35.3 Å². The highest BCUT2D eigenvalue weighted by Crippen LogP contribution is 2.08. The Morgan fingerprint density at radius 3 is 1.95 bits per heavy atom. The molecule has 0 spiro atoms. The molecule has 1 rings (SSSR count). The number of hydrogen-bond donors (Lipinski definition) is 8. The topological polar surface area (TPSA) is 267 Å². The van der Waals surface area contributed by atoms with Crippen LogP contribution in [-0.2, 0) is 35.2 Å². The fourth-order valence-corrected chi connectivity index (χ4v) is 3.81. The van der Waals surface area contributed by atoms with Gasteiger partial charge in [0.05, 0.1) is 12.6 Å². The van der Waals surface area contributed by atoms with Crippen molar-refractivity contribution < 1.29 is 28.8 Å². The number of amides is 5. The summed E-state index contributed by atoms with van der Waals surface area (Å²) in [6.45, 7) is 3.31. The van der Waals surface area contributed by atoms with Crippen LogP contribution >= 0.6 is 0 Å². The van der Waals surface area contributed by atoms with Crippen LogP contribution in [0.1, 0.15) is 45.1 Å². The van der Waals surface area contributed by atoms with Crippen LogP contribution in [0.3, 0.4) is 0 Å². The van der Waals surface area contributed by atoms with Gasteiger partial charge in [0.2, 0.25) is 29.5 Å². The molecule has 0 radical (unpaired) electrons. The molecule has 1 aromatic carbocycles. The fourth-order valence-electron chi connectivity index (χ4n) is 3.81. The van der Waals surface area contributed by atoms with Gasteiger partial charge in [-0.15, -0.1) is 0 Å². The highest BCUT2D eigenvalue weighted by molar-refractivity contribution is 5.95. The second-order valence-corrected chi connectivity index (χ2v) is 10.0. The lowest BCUT2D eigenvalue weighted by Gasteiger charge is -2.26. The summed E-state index contributed by atoms with van der Waals surface area (Å²) in [5, 5.41) is 10.3. The zero-order valence-electron chi connectivity index (χ0n) is 24.0. The Morgan fingerprint density at radius 2 is 1.40 bits per heavy atom. The molecule has 0 heterocycles. The highest BCUT2D eigenvalue weighted by atomic mass is 16.2. The number of hydrogen-bond acceptors (Lipinski definition) is 8. The molecule has 15 heteroatoms. The Kier molecular flexibility index (Phi) is 15.8. The summed E-state index contributed by atoms with van der Waals surface area (Å²) in [5.74, 6) is -3.70. The van der Waals surface area contributed by atoms with E-state index in [-0.39, 0.29) is 50.7 Å². The molecule has 12 N–H and O–H groups in total. The smallest absolute Gasteiger partial charge is 0.243 e. The van der Waals surface area contributed by atoms with Gasteiger partial charge in [0.15, 0.2) is 5.96 Å². The van der Waals surface area contributed by atoms with E-state index in [9.17, 15) is 28.8 Å². The van der Waals surface area contributed by atoms with Crippen molar-refractivity contribution in [3.63, 3.8) is 0 Å². The molecule has 4 atom stereocenters. The minimum Gasteiger partial charge on any atom is -0.370 e. The Balaban J connectivity index is 3.22. The summed E-state index contributed by atoms with van der Waals surface area (Å²) >= 11 is 0. The lowest BCUT2D eigenvalue weighted by molar-refractivity contribution is -0.134. The predicted molar refractivity (Wildman–Crippen MR) is 156 cm³/mol. The minimum absolute atomic E-state index is 0.0388. The zero-order chi connectivity index (χ0) is 31.7. The molecule has 0 saturated heterocycles. The first-order valence-electron chi connectivity index (χ1n) is 13.6. The summed E-state index contributed by atoms with van der Waals surface area (Å²) in [6.07, 6.45) is 0.737. The standard InChI is InChI=1S/C27H43N9O6/c1-16(2)21(15-37)36-25(41)19(10-11-22(29)38)34-26(42)20(13-17-7-4-3-5-8-17)35-24(40)18(33-23(39)14-28)9-6-12-32-27(30)31/h3-5,7-8,15-16,18-21H,6,9-14,28H2,1-2H3,(H2,29,38)(H,33,39)(H,34,42)(H,35,40)(H,36,41)(H4,30,31,32)/t18-,19-,20-,21+/m0/s1. The van der Waals surface area contributed by atoms with Gasteiger partial charge in [0.1, 0.15) is 24.4 Å². The van der Waals surface area contributed by atoms with Crippen molar-refractivity contribution in [3.05, 3.63) is 35.9 Å². The molecule has 0 aliphatic rings. The zero-order valence-corrected chi connectivity index (χ0v) is 24.0. The molecule has 0 bridgehead atoms.